The van der Waals surface area contributed by atoms with Crippen molar-refractivity contribution in [3.63, 3.8) is 0 Å². The maximum atomic E-state index is 12.9. The van der Waals surface area contributed by atoms with Crippen molar-refractivity contribution in [2.24, 2.45) is 0 Å². The van der Waals surface area contributed by atoms with Crippen molar-refractivity contribution >= 4 is 23.7 Å². The summed E-state index contributed by atoms with van der Waals surface area (Å²) in [6.07, 6.45) is 1.70. The lowest BCUT2D eigenvalue weighted by Crippen LogP contribution is -2.46. The van der Waals surface area contributed by atoms with Crippen molar-refractivity contribution in [1.29, 1.82) is 0 Å². The summed E-state index contributed by atoms with van der Waals surface area (Å²) in [4.78, 5) is 52.0. The molecule has 1 unspecified atom stereocenters. The molecule has 1 aromatic rings. The second-order valence-corrected chi connectivity index (χ2v) is 6.77. The van der Waals surface area contributed by atoms with E-state index in [1.165, 1.54) is 4.90 Å². The van der Waals surface area contributed by atoms with E-state index in [2.05, 4.69) is 0 Å². The summed E-state index contributed by atoms with van der Waals surface area (Å²) in [6.45, 7) is 2.75. The van der Waals surface area contributed by atoms with Crippen molar-refractivity contribution in [3.05, 3.63) is 35.4 Å². The Morgan fingerprint density at radius 1 is 1.21 bits per heavy atom. The molecule has 3 amide bonds. The van der Waals surface area contributed by atoms with E-state index in [0.29, 0.717) is 24.3 Å². The second kappa shape index (κ2) is 8.97. The molecule has 1 fully saturated rings. The fraction of sp³-hybridized carbons (Fsp3) is 0.500. The predicted octanol–water partition coefficient (Wildman–Crippen LogP) is 1.24. The van der Waals surface area contributed by atoms with Crippen molar-refractivity contribution in [3.8, 4) is 0 Å². The van der Waals surface area contributed by atoms with Gasteiger partial charge in [0.15, 0.2) is 0 Å². The molecule has 150 valence electrons. The highest BCUT2D eigenvalue weighted by Gasteiger charge is 2.37. The van der Waals surface area contributed by atoms with Crippen LogP contribution >= 0.6 is 0 Å². The fourth-order valence-corrected chi connectivity index (χ4v) is 3.43. The van der Waals surface area contributed by atoms with E-state index in [0.717, 1.165) is 17.7 Å². The summed E-state index contributed by atoms with van der Waals surface area (Å²) in [5.74, 6) is -1.74. The van der Waals surface area contributed by atoms with Gasteiger partial charge in [0.25, 0.3) is 11.8 Å². The first-order chi connectivity index (χ1) is 13.5. The van der Waals surface area contributed by atoms with Crippen LogP contribution in [0.15, 0.2) is 24.3 Å². The summed E-state index contributed by atoms with van der Waals surface area (Å²) >= 11 is 0. The van der Waals surface area contributed by atoms with Crippen molar-refractivity contribution in [1.82, 2.24) is 9.80 Å². The predicted molar refractivity (Wildman–Crippen MR) is 98.6 cm³/mol. The largest absolute Gasteiger partial charge is 0.466 e. The number of ether oxygens (including phenoxy) is 2. The zero-order valence-electron chi connectivity index (χ0n) is 15.9. The highest BCUT2D eigenvalue weighted by molar-refractivity contribution is 6.22. The van der Waals surface area contributed by atoms with Gasteiger partial charge in [0.1, 0.15) is 6.54 Å². The third kappa shape index (κ3) is 4.39. The van der Waals surface area contributed by atoms with E-state index in [4.69, 9.17) is 9.47 Å². The number of hydrogen-bond acceptors (Lipinski definition) is 6. The van der Waals surface area contributed by atoms with Gasteiger partial charge in [-0.2, -0.15) is 0 Å². The quantitative estimate of drug-likeness (QED) is 0.491. The summed E-state index contributed by atoms with van der Waals surface area (Å²) in [5, 5.41) is 0. The van der Waals surface area contributed by atoms with Crippen LogP contribution in [0.3, 0.4) is 0 Å². The summed E-state index contributed by atoms with van der Waals surface area (Å²) < 4.78 is 10.5. The molecule has 28 heavy (non-hydrogen) atoms. The Morgan fingerprint density at radius 3 is 2.46 bits per heavy atom. The molecule has 3 rings (SSSR count). The second-order valence-electron chi connectivity index (χ2n) is 6.77. The standard InChI is InChI=1S/C20H24N2O6/c1-2-27-18(24)9-10-21(12-14-6-5-11-28-14)17(23)13-22-19(25)15-7-3-4-8-16(15)20(22)26/h3-4,7-8,14H,2,5-6,9-13H2,1H3. The van der Waals surface area contributed by atoms with Gasteiger partial charge in [0.2, 0.25) is 5.91 Å². The van der Waals surface area contributed by atoms with Gasteiger partial charge in [-0.1, -0.05) is 12.1 Å². The Labute approximate surface area is 163 Å². The zero-order valence-corrected chi connectivity index (χ0v) is 15.9. The summed E-state index contributed by atoms with van der Waals surface area (Å²) in [7, 11) is 0. The SMILES string of the molecule is CCOC(=O)CCN(CC1CCCO1)C(=O)CN1C(=O)c2ccccc2C1=O. The van der Waals surface area contributed by atoms with Crippen LogP contribution in [0.25, 0.3) is 0 Å². The fourth-order valence-electron chi connectivity index (χ4n) is 3.43. The van der Waals surface area contributed by atoms with E-state index < -0.39 is 23.7 Å². The molecule has 0 aromatic heterocycles. The zero-order chi connectivity index (χ0) is 20.1. The normalized spacial score (nSPS) is 18.3. The van der Waals surface area contributed by atoms with Gasteiger partial charge in [-0.05, 0) is 31.9 Å². The number of fused-ring (bicyclic) bond motifs is 1. The first-order valence-electron chi connectivity index (χ1n) is 9.51. The van der Waals surface area contributed by atoms with Crippen LogP contribution < -0.4 is 0 Å². The number of amides is 3. The first-order valence-corrected chi connectivity index (χ1v) is 9.51. The van der Waals surface area contributed by atoms with Crippen molar-refractivity contribution in [2.75, 3.05) is 32.8 Å². The molecule has 0 saturated carbocycles. The topological polar surface area (TPSA) is 93.2 Å². The smallest absolute Gasteiger partial charge is 0.307 e. The van der Waals surface area contributed by atoms with Crippen LogP contribution in [0.1, 0.15) is 46.9 Å². The Hall–Kier alpha value is -2.74. The van der Waals surface area contributed by atoms with Gasteiger partial charge in [-0.25, -0.2) is 0 Å². The Balaban J connectivity index is 1.67. The highest BCUT2D eigenvalue weighted by Crippen LogP contribution is 2.22. The average Bonchev–Trinajstić information content (AvgIpc) is 3.28. The van der Waals surface area contributed by atoms with Crippen molar-refractivity contribution in [2.45, 2.75) is 32.3 Å². The Morgan fingerprint density at radius 2 is 1.89 bits per heavy atom. The van der Waals surface area contributed by atoms with Gasteiger partial charge in [-0.15, -0.1) is 0 Å². The molecular formula is C20H24N2O6. The van der Waals surface area contributed by atoms with Crippen LogP contribution in [0.2, 0.25) is 0 Å². The Kier molecular flexibility index (Phi) is 6.41. The third-order valence-corrected chi connectivity index (χ3v) is 4.86. The molecule has 1 saturated heterocycles. The lowest BCUT2D eigenvalue weighted by atomic mass is 10.1. The van der Waals surface area contributed by atoms with E-state index in [1.54, 1.807) is 31.2 Å². The van der Waals surface area contributed by atoms with Crippen LogP contribution in [-0.2, 0) is 19.1 Å². The van der Waals surface area contributed by atoms with Crippen LogP contribution in [0.5, 0.6) is 0 Å². The van der Waals surface area contributed by atoms with Crippen LogP contribution in [0, 0.1) is 0 Å². The minimum absolute atomic E-state index is 0.0500. The molecule has 8 heteroatoms. The molecule has 0 aliphatic carbocycles. The van der Waals surface area contributed by atoms with E-state index in [9.17, 15) is 19.2 Å². The average molecular weight is 388 g/mol. The molecule has 2 aliphatic rings. The summed E-state index contributed by atoms with van der Waals surface area (Å²) in [5.41, 5.74) is 0.606. The molecule has 2 aliphatic heterocycles. The molecule has 0 N–H and O–H groups in total. The lowest BCUT2D eigenvalue weighted by molar-refractivity contribution is -0.144. The molecule has 1 atom stereocenters. The number of carbonyl (C=O) groups is 4. The number of imide groups is 1. The molecule has 0 spiro atoms. The van der Waals surface area contributed by atoms with Crippen molar-refractivity contribution < 1.29 is 28.7 Å². The van der Waals surface area contributed by atoms with E-state index in [1.807, 2.05) is 0 Å². The number of carbonyl (C=O) groups excluding carboxylic acids is 4. The minimum atomic E-state index is -0.476. The molecule has 0 bridgehead atoms. The third-order valence-electron chi connectivity index (χ3n) is 4.86. The molecule has 0 radical (unpaired) electrons. The number of hydrogen-bond donors (Lipinski definition) is 0. The molecule has 2 heterocycles. The van der Waals surface area contributed by atoms with Crippen LogP contribution in [-0.4, -0.2) is 72.4 Å². The van der Waals surface area contributed by atoms with E-state index >= 15 is 0 Å². The van der Waals surface area contributed by atoms with Gasteiger partial charge in [0, 0.05) is 19.7 Å². The number of nitrogens with zero attached hydrogens (tertiary/aromatic N) is 2. The highest BCUT2D eigenvalue weighted by atomic mass is 16.5. The maximum absolute atomic E-state index is 12.9. The number of benzene rings is 1. The number of esters is 1. The lowest BCUT2D eigenvalue weighted by Gasteiger charge is -2.27. The summed E-state index contributed by atoms with van der Waals surface area (Å²) in [6, 6.07) is 6.51. The Bertz CT molecular complexity index is 737. The molecular weight excluding hydrogens is 364 g/mol. The van der Waals surface area contributed by atoms with Gasteiger partial charge in [0.05, 0.1) is 30.3 Å². The number of rotatable bonds is 8. The first kappa shape index (κ1) is 20.0. The minimum Gasteiger partial charge on any atom is -0.466 e. The van der Waals surface area contributed by atoms with E-state index in [-0.39, 0.29) is 32.2 Å². The van der Waals surface area contributed by atoms with Gasteiger partial charge >= 0.3 is 5.97 Å². The molecule has 8 nitrogen and oxygen atoms in total. The monoisotopic (exact) mass is 388 g/mol. The maximum Gasteiger partial charge on any atom is 0.307 e. The van der Waals surface area contributed by atoms with Crippen LogP contribution in [0.4, 0.5) is 0 Å². The molecule has 1 aromatic carbocycles. The van der Waals surface area contributed by atoms with Gasteiger partial charge < -0.3 is 14.4 Å². The van der Waals surface area contributed by atoms with Gasteiger partial charge in [-0.3, -0.25) is 24.1 Å².